The third-order valence-corrected chi connectivity index (χ3v) is 7.27. The van der Waals surface area contributed by atoms with Crippen LogP contribution in [0.3, 0.4) is 0 Å². The highest BCUT2D eigenvalue weighted by Gasteiger charge is 2.25. The van der Waals surface area contributed by atoms with Crippen molar-refractivity contribution in [2.75, 3.05) is 0 Å². The van der Waals surface area contributed by atoms with Crippen molar-refractivity contribution in [3.8, 4) is 11.3 Å². The van der Waals surface area contributed by atoms with Gasteiger partial charge in [-0.15, -0.1) is 11.3 Å². The van der Waals surface area contributed by atoms with Crippen LogP contribution in [0.25, 0.3) is 11.3 Å². The van der Waals surface area contributed by atoms with Crippen LogP contribution in [-0.2, 0) is 19.4 Å². The number of benzene rings is 1. The van der Waals surface area contributed by atoms with Crippen molar-refractivity contribution in [3.63, 3.8) is 0 Å². The van der Waals surface area contributed by atoms with E-state index in [1.807, 2.05) is 13.0 Å². The van der Waals surface area contributed by atoms with Crippen LogP contribution in [0.1, 0.15) is 61.1 Å². The van der Waals surface area contributed by atoms with Gasteiger partial charge in [-0.25, -0.2) is 9.79 Å². The third-order valence-electron chi connectivity index (χ3n) is 6.07. The standard InChI is InChI=1S/C27H24N2O5S/c1-16-8-9-17(27(31)32)13-21(16)22-11-10-19(34-22)15-29-26-24(20-6-2-3-7-23(20)35-26)25(30)28-14-18-5-4-12-33-18/h4-5,8-13,15H,2-3,6-7,14H2,1H3,(H,28,30)(H,31,32). The quantitative estimate of drug-likeness (QED) is 0.303. The zero-order valence-corrected chi connectivity index (χ0v) is 20.0. The van der Waals surface area contributed by atoms with Crippen LogP contribution in [0, 0.1) is 6.92 Å². The van der Waals surface area contributed by atoms with Gasteiger partial charge in [0.05, 0.1) is 30.1 Å². The van der Waals surface area contributed by atoms with Crippen LogP contribution in [-0.4, -0.2) is 23.2 Å². The molecule has 1 aromatic carbocycles. The number of amides is 1. The number of nitrogens with zero attached hydrogens (tertiary/aromatic N) is 1. The lowest BCUT2D eigenvalue weighted by molar-refractivity contribution is 0.0696. The maximum Gasteiger partial charge on any atom is 0.335 e. The number of carboxylic acids is 1. The van der Waals surface area contributed by atoms with Crippen molar-refractivity contribution in [1.82, 2.24) is 5.32 Å². The summed E-state index contributed by atoms with van der Waals surface area (Å²) in [6.45, 7) is 2.22. The number of nitrogens with one attached hydrogen (secondary N) is 1. The second-order valence-electron chi connectivity index (χ2n) is 8.45. The van der Waals surface area contributed by atoms with Crippen molar-refractivity contribution in [2.45, 2.75) is 39.2 Å². The molecule has 3 heterocycles. The first-order chi connectivity index (χ1) is 17.0. The molecule has 1 amide bonds. The Kier molecular flexibility index (Phi) is 6.37. The lowest BCUT2D eigenvalue weighted by Gasteiger charge is -2.12. The van der Waals surface area contributed by atoms with Gasteiger partial charge in [0.1, 0.15) is 22.3 Å². The molecule has 0 unspecified atom stereocenters. The molecule has 7 nitrogen and oxygen atoms in total. The van der Waals surface area contributed by atoms with Crippen LogP contribution in [0.2, 0.25) is 0 Å². The molecule has 0 radical (unpaired) electrons. The molecule has 3 aromatic heterocycles. The number of aromatic carboxylic acids is 1. The highest BCUT2D eigenvalue weighted by atomic mass is 32.1. The van der Waals surface area contributed by atoms with E-state index in [0.717, 1.165) is 36.8 Å². The molecule has 0 fully saturated rings. The molecule has 0 bridgehead atoms. The Balaban J connectivity index is 1.41. The highest BCUT2D eigenvalue weighted by Crippen LogP contribution is 2.40. The van der Waals surface area contributed by atoms with E-state index >= 15 is 0 Å². The van der Waals surface area contributed by atoms with Gasteiger partial charge in [-0.2, -0.15) is 0 Å². The number of rotatable bonds is 7. The minimum atomic E-state index is -0.987. The number of aliphatic imine (C=N–C) groups is 1. The second-order valence-corrected chi connectivity index (χ2v) is 9.53. The molecule has 8 heteroatoms. The van der Waals surface area contributed by atoms with E-state index in [1.165, 1.54) is 4.88 Å². The third kappa shape index (κ3) is 4.83. The fourth-order valence-electron chi connectivity index (χ4n) is 4.26. The summed E-state index contributed by atoms with van der Waals surface area (Å²) in [6, 6.07) is 12.1. The van der Waals surface area contributed by atoms with Crippen molar-refractivity contribution in [1.29, 1.82) is 0 Å². The Morgan fingerprint density at radius 2 is 2.03 bits per heavy atom. The van der Waals surface area contributed by atoms with Gasteiger partial charge >= 0.3 is 5.97 Å². The first-order valence-electron chi connectivity index (χ1n) is 11.4. The first kappa shape index (κ1) is 22.9. The Hall–Kier alpha value is -3.91. The van der Waals surface area contributed by atoms with Gasteiger partial charge in [0, 0.05) is 10.4 Å². The highest BCUT2D eigenvalue weighted by molar-refractivity contribution is 7.16. The lowest BCUT2D eigenvalue weighted by Crippen LogP contribution is -2.23. The van der Waals surface area contributed by atoms with Gasteiger partial charge in [0.2, 0.25) is 0 Å². The van der Waals surface area contributed by atoms with E-state index in [0.29, 0.717) is 40.0 Å². The number of hydrogen-bond acceptors (Lipinski definition) is 6. The molecule has 35 heavy (non-hydrogen) atoms. The Bertz CT molecular complexity index is 1410. The first-order valence-corrected chi connectivity index (χ1v) is 12.2. The molecule has 5 rings (SSSR count). The summed E-state index contributed by atoms with van der Waals surface area (Å²) in [7, 11) is 0. The fraction of sp³-hybridized carbons (Fsp3) is 0.222. The van der Waals surface area contributed by atoms with Gasteiger partial charge in [-0.1, -0.05) is 6.07 Å². The second kappa shape index (κ2) is 9.76. The van der Waals surface area contributed by atoms with Gasteiger partial charge in [0.15, 0.2) is 0 Å². The molecule has 0 aliphatic heterocycles. The number of carbonyl (C=O) groups excluding carboxylic acids is 1. The number of hydrogen-bond donors (Lipinski definition) is 2. The minimum Gasteiger partial charge on any atom is -0.478 e. The zero-order chi connectivity index (χ0) is 24.4. The summed E-state index contributed by atoms with van der Waals surface area (Å²) in [6.07, 6.45) is 7.19. The molecule has 1 aliphatic rings. The van der Waals surface area contributed by atoms with Crippen molar-refractivity contribution < 1.29 is 23.5 Å². The van der Waals surface area contributed by atoms with Gasteiger partial charge in [0.25, 0.3) is 5.91 Å². The van der Waals surface area contributed by atoms with Crippen LogP contribution in [0.15, 0.2) is 62.6 Å². The molecular weight excluding hydrogens is 464 g/mol. The minimum absolute atomic E-state index is 0.158. The monoisotopic (exact) mass is 488 g/mol. The molecule has 0 spiro atoms. The number of thiophene rings is 1. The SMILES string of the molecule is Cc1ccc(C(=O)O)cc1-c1ccc(C=Nc2sc3c(c2C(=O)NCc2ccco2)CCCC3)o1. The molecule has 1 aliphatic carbocycles. The zero-order valence-electron chi connectivity index (χ0n) is 19.2. The molecule has 178 valence electrons. The summed E-state index contributed by atoms with van der Waals surface area (Å²) in [5.74, 6) is 0.633. The van der Waals surface area contributed by atoms with Crippen molar-refractivity contribution in [3.05, 3.63) is 87.4 Å². The largest absolute Gasteiger partial charge is 0.478 e. The van der Waals surface area contributed by atoms with Crippen LogP contribution < -0.4 is 5.32 Å². The molecule has 0 atom stereocenters. The molecule has 0 saturated carbocycles. The summed E-state index contributed by atoms with van der Waals surface area (Å²) >= 11 is 1.55. The number of carboxylic acid groups (broad SMARTS) is 1. The fourth-order valence-corrected chi connectivity index (χ4v) is 5.49. The smallest absolute Gasteiger partial charge is 0.335 e. The normalized spacial score (nSPS) is 13.2. The van der Waals surface area contributed by atoms with Crippen LogP contribution in [0.4, 0.5) is 5.00 Å². The maximum atomic E-state index is 13.1. The Morgan fingerprint density at radius 3 is 2.83 bits per heavy atom. The number of aryl methyl sites for hydroxylation is 2. The van der Waals surface area contributed by atoms with Gasteiger partial charge in [-0.3, -0.25) is 4.79 Å². The van der Waals surface area contributed by atoms with E-state index in [-0.39, 0.29) is 11.5 Å². The Morgan fingerprint density at radius 1 is 1.17 bits per heavy atom. The van der Waals surface area contributed by atoms with Crippen LogP contribution in [0.5, 0.6) is 0 Å². The summed E-state index contributed by atoms with van der Waals surface area (Å²) < 4.78 is 11.3. The predicted octanol–water partition coefficient (Wildman–Crippen LogP) is 6.17. The number of fused-ring (bicyclic) bond motifs is 1. The van der Waals surface area contributed by atoms with E-state index in [1.54, 1.807) is 60.2 Å². The topological polar surface area (TPSA) is 105 Å². The summed E-state index contributed by atoms with van der Waals surface area (Å²) in [5.41, 5.74) is 3.55. The average Bonchev–Trinajstić information content (AvgIpc) is 3.61. The summed E-state index contributed by atoms with van der Waals surface area (Å²) in [5, 5.41) is 12.9. The van der Waals surface area contributed by atoms with Gasteiger partial charge in [-0.05, 0) is 80.1 Å². The number of furan rings is 2. The average molecular weight is 489 g/mol. The van der Waals surface area contributed by atoms with Gasteiger partial charge < -0.3 is 19.3 Å². The van der Waals surface area contributed by atoms with Crippen LogP contribution >= 0.6 is 11.3 Å². The van der Waals surface area contributed by atoms with E-state index in [4.69, 9.17) is 8.83 Å². The predicted molar refractivity (Wildman–Crippen MR) is 134 cm³/mol. The van der Waals surface area contributed by atoms with E-state index in [2.05, 4.69) is 10.3 Å². The summed E-state index contributed by atoms with van der Waals surface area (Å²) in [4.78, 5) is 30.3. The number of carbonyl (C=O) groups is 2. The molecule has 0 saturated heterocycles. The molecular formula is C27H24N2O5S. The Labute approximate surface area is 206 Å². The van der Waals surface area contributed by atoms with Crippen molar-refractivity contribution in [2.24, 2.45) is 4.99 Å². The maximum absolute atomic E-state index is 13.1. The van der Waals surface area contributed by atoms with Crippen molar-refractivity contribution >= 4 is 34.4 Å². The molecule has 4 aromatic rings. The van der Waals surface area contributed by atoms with E-state index in [9.17, 15) is 14.7 Å². The van der Waals surface area contributed by atoms with E-state index < -0.39 is 5.97 Å². The lowest BCUT2D eigenvalue weighted by atomic mass is 9.95. The molecule has 2 N–H and O–H groups in total.